The molecule has 9 heteroatoms. The number of hydrogen-bond donors (Lipinski definition) is 1. The molecule has 1 saturated heterocycles. The first-order valence-corrected chi connectivity index (χ1v) is 10.4. The van der Waals surface area contributed by atoms with Crippen LogP contribution in [0.15, 0.2) is 53.1 Å². The van der Waals surface area contributed by atoms with Gasteiger partial charge in [0.15, 0.2) is 0 Å². The average Bonchev–Trinajstić information content (AvgIpc) is 3.26. The van der Waals surface area contributed by atoms with Crippen LogP contribution in [0.3, 0.4) is 0 Å². The largest absolute Gasteiger partial charge is 0.334 e. The molecule has 0 radical (unpaired) electrons. The van der Waals surface area contributed by atoms with Crippen LogP contribution in [0.4, 0.5) is 11.7 Å². The smallest absolute Gasteiger partial charge is 0.322 e. The fourth-order valence-corrected chi connectivity index (χ4v) is 4.72. The molecule has 2 aromatic carbocycles. The van der Waals surface area contributed by atoms with Crippen molar-refractivity contribution in [1.29, 1.82) is 0 Å². The number of sulfonamides is 1. The van der Waals surface area contributed by atoms with Gasteiger partial charge in [-0.1, -0.05) is 41.0 Å². The van der Waals surface area contributed by atoms with Gasteiger partial charge in [0.1, 0.15) is 0 Å². The van der Waals surface area contributed by atoms with E-state index < -0.39 is 10.0 Å². The van der Waals surface area contributed by atoms with E-state index in [1.54, 1.807) is 18.2 Å². The Balaban J connectivity index is 1.46. The summed E-state index contributed by atoms with van der Waals surface area (Å²) >= 11 is 5.98. The number of nitrogens with zero attached hydrogens (tertiary/aromatic N) is 3. The molecular weight excluding hydrogens is 388 g/mol. The van der Waals surface area contributed by atoms with Gasteiger partial charge >= 0.3 is 6.01 Å². The highest BCUT2D eigenvalue weighted by Crippen LogP contribution is 2.25. The van der Waals surface area contributed by atoms with Gasteiger partial charge in [0.05, 0.1) is 11.4 Å². The van der Waals surface area contributed by atoms with Crippen molar-refractivity contribution in [3.05, 3.63) is 59.1 Å². The van der Waals surface area contributed by atoms with Gasteiger partial charge in [-0.05, 0) is 36.2 Å². The van der Waals surface area contributed by atoms with Gasteiger partial charge in [-0.2, -0.15) is 4.98 Å². The highest BCUT2D eigenvalue weighted by Gasteiger charge is 2.28. The van der Waals surface area contributed by atoms with Crippen molar-refractivity contribution in [2.24, 2.45) is 0 Å². The lowest BCUT2D eigenvalue weighted by molar-refractivity contribution is 0.432. The summed E-state index contributed by atoms with van der Waals surface area (Å²) in [6, 6.07) is 14.9. The average molecular weight is 405 g/mol. The minimum atomic E-state index is -3.19. The zero-order valence-corrected chi connectivity index (χ0v) is 15.9. The topological polar surface area (TPSA) is 88.3 Å². The van der Waals surface area contributed by atoms with Gasteiger partial charge in [0.2, 0.25) is 15.8 Å². The van der Waals surface area contributed by atoms with Crippen LogP contribution >= 0.6 is 11.6 Å². The van der Waals surface area contributed by atoms with Crippen molar-refractivity contribution < 1.29 is 12.9 Å². The van der Waals surface area contributed by atoms with E-state index in [0.717, 1.165) is 11.1 Å². The standard InChI is InChI=1S/C18H17ClN4O3S/c19-15-6-2-5-14(11-15)17-21-18(26-22-17)20-12-13-4-1-7-16(10-13)23-8-3-9-27(23,24)25/h1-2,4-7,10-11H,3,8-9,12H2,(H,20,21,22). The molecule has 0 aliphatic carbocycles. The van der Waals surface area contributed by atoms with E-state index in [4.69, 9.17) is 16.1 Å². The van der Waals surface area contributed by atoms with Crippen molar-refractivity contribution in [2.75, 3.05) is 21.9 Å². The highest BCUT2D eigenvalue weighted by atomic mass is 35.5. The summed E-state index contributed by atoms with van der Waals surface area (Å²) in [5.74, 6) is 0.640. The molecule has 0 saturated carbocycles. The predicted octanol–water partition coefficient (Wildman–Crippen LogP) is 3.54. The van der Waals surface area contributed by atoms with E-state index >= 15 is 0 Å². The fourth-order valence-electron chi connectivity index (χ4n) is 2.97. The maximum atomic E-state index is 12.1. The van der Waals surface area contributed by atoms with E-state index in [-0.39, 0.29) is 11.8 Å². The van der Waals surface area contributed by atoms with Crippen LogP contribution in [0.2, 0.25) is 5.02 Å². The Bertz CT molecular complexity index is 1070. The van der Waals surface area contributed by atoms with Gasteiger partial charge in [-0.25, -0.2) is 8.42 Å². The van der Waals surface area contributed by atoms with Crippen molar-refractivity contribution in [2.45, 2.75) is 13.0 Å². The number of benzene rings is 2. The summed E-state index contributed by atoms with van der Waals surface area (Å²) in [6.45, 7) is 0.949. The van der Waals surface area contributed by atoms with Gasteiger partial charge < -0.3 is 9.84 Å². The summed E-state index contributed by atoms with van der Waals surface area (Å²) in [4.78, 5) is 4.31. The van der Waals surface area contributed by atoms with Gasteiger partial charge in [0.25, 0.3) is 0 Å². The van der Waals surface area contributed by atoms with Gasteiger partial charge in [-0.3, -0.25) is 4.31 Å². The molecule has 27 heavy (non-hydrogen) atoms. The first-order chi connectivity index (χ1) is 13.0. The second-order valence-electron chi connectivity index (χ2n) is 6.20. The third-order valence-corrected chi connectivity index (χ3v) is 6.36. The van der Waals surface area contributed by atoms with Crippen molar-refractivity contribution in [3.8, 4) is 11.4 Å². The van der Waals surface area contributed by atoms with E-state index in [1.165, 1.54) is 4.31 Å². The normalized spacial score (nSPS) is 15.8. The molecule has 0 amide bonds. The SMILES string of the molecule is O=S1(=O)CCCN1c1cccc(CNc2nc(-c3cccc(Cl)c3)no2)c1. The quantitative estimate of drug-likeness (QED) is 0.699. The Labute approximate surface area is 162 Å². The van der Waals surface area contributed by atoms with Crippen LogP contribution in [0.1, 0.15) is 12.0 Å². The molecule has 1 N–H and O–H groups in total. The summed E-state index contributed by atoms with van der Waals surface area (Å²) in [6.07, 6.45) is 0.652. The fraction of sp³-hybridized carbons (Fsp3) is 0.222. The van der Waals surface area contributed by atoms with Crippen molar-refractivity contribution in [1.82, 2.24) is 10.1 Å². The number of nitrogens with one attached hydrogen (secondary N) is 1. The number of hydrogen-bond acceptors (Lipinski definition) is 6. The molecule has 1 fully saturated rings. The van der Waals surface area contributed by atoms with E-state index in [2.05, 4.69) is 15.5 Å². The second kappa shape index (κ2) is 7.21. The van der Waals surface area contributed by atoms with Gasteiger partial charge in [0, 0.05) is 23.7 Å². The molecule has 1 aliphatic rings. The Morgan fingerprint density at radius 3 is 2.81 bits per heavy atom. The minimum Gasteiger partial charge on any atom is -0.334 e. The molecule has 0 atom stereocenters. The molecule has 0 spiro atoms. The minimum absolute atomic E-state index is 0.198. The van der Waals surface area contributed by atoms with Crippen LogP contribution in [-0.4, -0.2) is 30.9 Å². The van der Waals surface area contributed by atoms with Crippen LogP contribution in [0.25, 0.3) is 11.4 Å². The first-order valence-electron chi connectivity index (χ1n) is 8.44. The van der Waals surface area contributed by atoms with E-state index in [9.17, 15) is 8.42 Å². The maximum Gasteiger partial charge on any atom is 0.322 e. The van der Waals surface area contributed by atoms with Crippen molar-refractivity contribution in [3.63, 3.8) is 0 Å². The van der Waals surface area contributed by atoms with E-state index in [0.29, 0.717) is 36.0 Å². The molecule has 4 rings (SSSR count). The Morgan fingerprint density at radius 1 is 1.19 bits per heavy atom. The number of halogens is 1. The monoisotopic (exact) mass is 404 g/mol. The predicted molar refractivity (Wildman–Crippen MR) is 104 cm³/mol. The zero-order valence-electron chi connectivity index (χ0n) is 14.3. The lowest BCUT2D eigenvalue weighted by Crippen LogP contribution is -2.25. The van der Waals surface area contributed by atoms with Crippen LogP contribution in [-0.2, 0) is 16.6 Å². The second-order valence-corrected chi connectivity index (χ2v) is 8.65. The molecule has 7 nitrogen and oxygen atoms in total. The molecule has 0 bridgehead atoms. The molecule has 1 aromatic heterocycles. The molecule has 1 aliphatic heterocycles. The maximum absolute atomic E-state index is 12.1. The first kappa shape index (κ1) is 17.8. The molecule has 140 valence electrons. The Kier molecular flexibility index (Phi) is 4.75. The summed E-state index contributed by atoms with van der Waals surface area (Å²) in [5.41, 5.74) is 2.36. The van der Waals surface area contributed by atoms with Crippen LogP contribution in [0, 0.1) is 0 Å². The third kappa shape index (κ3) is 3.91. The number of aromatic nitrogens is 2. The Hall–Kier alpha value is -2.58. The summed E-state index contributed by atoms with van der Waals surface area (Å²) in [5, 5.41) is 7.61. The number of anilines is 2. The molecular formula is C18H17ClN4O3S. The number of rotatable bonds is 5. The van der Waals surface area contributed by atoms with Gasteiger partial charge in [-0.15, -0.1) is 0 Å². The molecule has 0 unspecified atom stereocenters. The zero-order chi connectivity index (χ0) is 18.9. The van der Waals surface area contributed by atoms with Crippen molar-refractivity contribution >= 4 is 33.3 Å². The lowest BCUT2D eigenvalue weighted by atomic mass is 10.2. The van der Waals surface area contributed by atoms with Crippen LogP contribution < -0.4 is 9.62 Å². The molecule has 2 heterocycles. The molecule has 3 aromatic rings. The van der Waals surface area contributed by atoms with E-state index in [1.807, 2.05) is 30.3 Å². The highest BCUT2D eigenvalue weighted by molar-refractivity contribution is 7.93. The van der Waals surface area contributed by atoms with Crippen LogP contribution in [0.5, 0.6) is 0 Å². The Morgan fingerprint density at radius 2 is 2.04 bits per heavy atom. The lowest BCUT2D eigenvalue weighted by Gasteiger charge is -2.17. The summed E-state index contributed by atoms with van der Waals surface area (Å²) < 4.78 is 30.8. The summed E-state index contributed by atoms with van der Waals surface area (Å²) in [7, 11) is -3.19. The third-order valence-electron chi connectivity index (χ3n) is 4.25.